The Morgan fingerprint density at radius 3 is 1.03 bits per heavy atom. The maximum absolute atomic E-state index is 12.9. The highest BCUT2D eigenvalue weighted by Crippen LogP contribution is 2.42. The van der Waals surface area contributed by atoms with Crippen LogP contribution in [0.4, 0.5) is 0 Å². The molecule has 0 aromatic rings. The molecule has 40 nitrogen and oxygen atoms in total. The van der Waals surface area contributed by atoms with Crippen molar-refractivity contribution in [1.29, 1.82) is 0 Å². The van der Waals surface area contributed by atoms with Gasteiger partial charge in [-0.2, -0.15) is 0 Å². The summed E-state index contributed by atoms with van der Waals surface area (Å²) in [4.78, 5) is 52.5. The van der Waals surface area contributed by atoms with Crippen LogP contribution in [0.2, 0.25) is 0 Å². The van der Waals surface area contributed by atoms with Gasteiger partial charge in [0.25, 0.3) is 0 Å². The molecular weight excluding hydrogens is 1900 g/mol. The SMILES string of the molecule is C[C@@H]1[C@H](O)[C@@H](C)/C=C/C=C/C=C/C=C/C=C/C=C/C=C/[C@H](O[C@@H]2O[C@H](C)[C@@H](O)[C@H](N(CC(N)CCCCN)CC(N)CCCCN)[C@@H]2O)CC2O[C@](O)(C[C@@H](O)C[C@@H](O)[C@H](O)CC[C@@H](O)C[C@@H](O)CC(=O)O[C@H]1C)C[C@H](O)[C@H]2C(=O)O.C[C@@H]1[C@H](O)[C@@H](C)/C=C/C=C/C=C/C=C/C=C/C=C/C=C/[C@H](O[C@@H]2O[C@H](C)[C@@H](O)[C@H](N)[C@@H]2O)CC2O[C@](O)(C[C@@H](O)C[C@@H](O)[C@H](O)CC[C@@H](O)C[C@@H](O)CC(=O)O[C@H]1C)C[C@H](O)[C@H]2C(=O)O. The van der Waals surface area contributed by atoms with E-state index in [0.29, 0.717) is 25.9 Å². The Balaban J connectivity index is 0.000000526. The van der Waals surface area contributed by atoms with Crippen molar-refractivity contribution in [2.45, 2.75) is 404 Å². The van der Waals surface area contributed by atoms with Crippen molar-refractivity contribution < 1.29 is 169 Å². The second-order valence-corrected chi connectivity index (χ2v) is 40.1. The van der Waals surface area contributed by atoms with E-state index in [4.69, 9.17) is 66.6 Å². The zero-order valence-electron chi connectivity index (χ0n) is 85.6. The number of carbonyl (C=O) groups is 4. The third-order valence-corrected chi connectivity index (χ3v) is 27.4. The number of hydrogen-bond acceptors (Lipinski definition) is 38. The number of aliphatic carboxylic acids is 2. The highest BCUT2D eigenvalue weighted by Gasteiger charge is 2.55. The molecule has 0 aliphatic carbocycles. The van der Waals surface area contributed by atoms with E-state index in [9.17, 15) is 132 Å². The van der Waals surface area contributed by atoms with Crippen LogP contribution in [0.3, 0.4) is 0 Å². The molecule has 4 unspecified atom stereocenters. The van der Waals surface area contributed by atoms with Crippen molar-refractivity contribution in [2.24, 2.45) is 64.2 Å². The number of unbranched alkanes of at least 4 members (excludes halogenated alkanes) is 2. The van der Waals surface area contributed by atoms with Crippen molar-refractivity contribution in [2.75, 3.05) is 26.2 Å². The number of fused-ring (bicyclic) bond motifs is 4. The van der Waals surface area contributed by atoms with Gasteiger partial charge in [0, 0.05) is 100 Å². The Morgan fingerprint density at radius 1 is 0.377 bits per heavy atom. The summed E-state index contributed by atoms with van der Waals surface area (Å²) >= 11 is 0. The van der Waals surface area contributed by atoms with Crippen LogP contribution in [0.25, 0.3) is 0 Å². The number of carboxylic acid groups (broad SMARTS) is 2. The number of ether oxygens (including phenoxy) is 8. The molecule has 832 valence electrons. The van der Waals surface area contributed by atoms with Gasteiger partial charge in [0.1, 0.15) is 36.3 Å². The van der Waals surface area contributed by atoms with Gasteiger partial charge in [-0.3, -0.25) is 24.1 Å². The average Bonchev–Trinajstić information content (AvgIpc) is 0.675. The highest BCUT2D eigenvalue weighted by atomic mass is 16.7. The standard InChI is InChI=1S/C59H101N5O17.C47H73NO17/c1-37-21-15-13-11-9-7-5-6-8-10-12-14-16-24-46(80-58-56(74)53(55(73)40(4)79-58)64(35-41(62)22-17-19-27-60)36-42(63)23-18-20-28-61)32-50-52(57(75)76)49(70)34-59(77,81-50)33-45(67)30-48(69)47(68)26-25-43(65)29-44(66)31-51(71)78-39(3)38(2)54(37)72;1-27-17-15-13-11-9-7-5-6-8-10-12-14-16-18-34(64-46-44(58)41(48)43(57)30(4)63-46)24-38-40(45(59)60)37(54)26-47(61,65-38)25-33(51)22-36(53)35(52)20-19-31(49)21-32(50)23-39(55)62-29(3)28(2)42(27)56/h5-16,21,24,37-50,52-56,58,65-70,72-74,77H,17-20,22-23,25-36,60-63H2,1-4H3,(H,75,76);5-18,27-38,40-44,46,49-54,56-58,61H,19-26,48H2,1-4H3,(H,59,60)/b6-5+,9-7+,10-8+,13-11+,14-12+,21-15+,24-16+;6-5+,9-7+,10-8+,13-11+,14-12+,17-15+,18-16+/t37-,38-,39-,40+,41?,42?,43+,44+,45-,46-,47+,48+,49-,50?,52+,53-,54+,55+,56-,58-,59+;27-,28-,29-,30+,31+,32+,33-,34-,35+,36+,37-,38?,40+,41-,42+,43+,44-,46-,47+/m00/s1. The Hall–Kier alpha value is -7.04. The number of aliphatic hydroxyl groups excluding tert-OH is 18. The first-order valence-electron chi connectivity index (χ1n) is 51.3. The number of carbonyl (C=O) groups excluding carboxylic acids is 2. The van der Waals surface area contributed by atoms with Crippen molar-refractivity contribution in [3.63, 3.8) is 0 Å². The molecule has 32 N–H and O–H groups in total. The fraction of sp³-hybridized carbons (Fsp3) is 0.698. The second-order valence-electron chi connectivity index (χ2n) is 40.1. The quantitative estimate of drug-likeness (QED) is 0.0646. The van der Waals surface area contributed by atoms with E-state index in [1.54, 1.807) is 162 Å². The highest BCUT2D eigenvalue weighted by molar-refractivity contribution is 5.72. The molecule has 4 saturated heterocycles. The molecule has 4 fully saturated rings. The molecule has 40 atom stereocenters. The van der Waals surface area contributed by atoms with Crippen molar-refractivity contribution in [3.8, 4) is 0 Å². The van der Waals surface area contributed by atoms with Crippen LogP contribution in [-0.4, -0.2) is 374 Å². The molecule has 0 radical (unpaired) electrons. The maximum atomic E-state index is 12.9. The largest absolute Gasteiger partial charge is 0.481 e. The molecule has 4 bridgehead atoms. The van der Waals surface area contributed by atoms with E-state index in [1.165, 1.54) is 13.0 Å². The molecular formula is C106H174N6O34. The van der Waals surface area contributed by atoms with E-state index in [2.05, 4.69) is 0 Å². The van der Waals surface area contributed by atoms with Crippen LogP contribution in [0, 0.1) is 35.5 Å². The van der Waals surface area contributed by atoms with Crippen LogP contribution in [-0.2, 0) is 57.1 Å². The molecule has 6 aliphatic heterocycles. The first-order valence-corrected chi connectivity index (χ1v) is 51.3. The lowest BCUT2D eigenvalue weighted by atomic mass is 9.82. The maximum Gasteiger partial charge on any atom is 0.311 e. The normalized spacial score (nSPS) is 42.3. The lowest BCUT2D eigenvalue weighted by Gasteiger charge is -2.48. The molecule has 146 heavy (non-hydrogen) atoms. The van der Waals surface area contributed by atoms with E-state index in [-0.39, 0.29) is 88.4 Å². The van der Waals surface area contributed by atoms with Crippen LogP contribution in [0.1, 0.15) is 197 Å². The van der Waals surface area contributed by atoms with Crippen molar-refractivity contribution >= 4 is 23.9 Å². The monoisotopic (exact) mass is 2080 g/mol. The number of nitrogens with two attached hydrogens (primary N) is 5. The van der Waals surface area contributed by atoms with Crippen LogP contribution in [0.15, 0.2) is 170 Å². The lowest BCUT2D eigenvalue weighted by molar-refractivity contribution is -0.312. The Morgan fingerprint density at radius 2 is 0.699 bits per heavy atom. The Labute approximate surface area is 858 Å². The topological polar surface area (TPSA) is 721 Å². The summed E-state index contributed by atoms with van der Waals surface area (Å²) in [6, 6.07) is -2.89. The Kier molecular flexibility index (Phi) is 59.7. The number of esters is 2. The zero-order chi connectivity index (χ0) is 109. The van der Waals surface area contributed by atoms with Gasteiger partial charge >= 0.3 is 23.9 Å². The number of aliphatic hydroxyl groups is 20. The van der Waals surface area contributed by atoms with Gasteiger partial charge < -0.3 is 179 Å². The molecule has 0 saturated carbocycles. The number of rotatable bonds is 19. The minimum atomic E-state index is -2.37. The molecule has 6 rings (SSSR count). The molecule has 6 heterocycles. The Bertz CT molecular complexity index is 4170. The number of nitrogens with zero attached hydrogens (tertiary/aromatic N) is 1. The van der Waals surface area contributed by atoms with Gasteiger partial charge in [-0.25, -0.2) is 0 Å². The van der Waals surface area contributed by atoms with E-state index < -0.39 is 294 Å². The molecule has 0 aromatic heterocycles. The van der Waals surface area contributed by atoms with Gasteiger partial charge in [0.05, 0.1) is 159 Å². The van der Waals surface area contributed by atoms with Crippen molar-refractivity contribution in [1.82, 2.24) is 4.90 Å². The van der Waals surface area contributed by atoms with Crippen LogP contribution >= 0.6 is 0 Å². The van der Waals surface area contributed by atoms with Gasteiger partial charge in [-0.1, -0.05) is 211 Å². The van der Waals surface area contributed by atoms with Crippen molar-refractivity contribution in [3.05, 3.63) is 170 Å². The second kappa shape index (κ2) is 67.4. The minimum absolute atomic E-state index is 0.107. The molecule has 0 aromatic carbocycles. The summed E-state index contributed by atoms with van der Waals surface area (Å²) in [6.07, 6.45) is 10.8. The van der Waals surface area contributed by atoms with E-state index >= 15 is 0 Å². The predicted molar refractivity (Wildman–Crippen MR) is 543 cm³/mol. The fourth-order valence-corrected chi connectivity index (χ4v) is 18.5. The number of hydrogen-bond donors (Lipinski definition) is 27. The fourth-order valence-electron chi connectivity index (χ4n) is 18.5. The van der Waals surface area contributed by atoms with Gasteiger partial charge in [0.15, 0.2) is 24.2 Å². The summed E-state index contributed by atoms with van der Waals surface area (Å²) in [5.41, 5.74) is 30.8. The smallest absolute Gasteiger partial charge is 0.311 e. The predicted octanol–water partition coefficient (Wildman–Crippen LogP) is 1.68. The third-order valence-electron chi connectivity index (χ3n) is 27.4. The molecule has 6 aliphatic rings. The van der Waals surface area contributed by atoms with Crippen LogP contribution < -0.4 is 28.7 Å². The number of cyclic esters (lactones) is 2. The molecule has 40 heteroatoms. The molecule has 0 amide bonds. The summed E-state index contributed by atoms with van der Waals surface area (Å²) in [5, 5.41) is 241. The number of carboxylic acids is 2. The summed E-state index contributed by atoms with van der Waals surface area (Å²) < 4.78 is 47.4. The summed E-state index contributed by atoms with van der Waals surface area (Å²) in [6.45, 7) is 15.1. The molecule has 0 spiro atoms. The first kappa shape index (κ1) is 129. The van der Waals surface area contributed by atoms with E-state index in [1.807, 2.05) is 55.2 Å². The summed E-state index contributed by atoms with van der Waals surface area (Å²) in [5.74, 6) is -13.8. The third kappa shape index (κ3) is 46.7. The average molecular weight is 2080 g/mol. The van der Waals surface area contributed by atoms with Gasteiger partial charge in [0.2, 0.25) is 0 Å². The zero-order valence-corrected chi connectivity index (χ0v) is 85.6. The minimum Gasteiger partial charge on any atom is -0.481 e. The van der Waals surface area contributed by atoms with Gasteiger partial charge in [-0.15, -0.1) is 0 Å². The first-order chi connectivity index (χ1) is 69.0. The lowest BCUT2D eigenvalue weighted by Crippen LogP contribution is -2.66. The van der Waals surface area contributed by atoms with Crippen LogP contribution in [0.5, 0.6) is 0 Å². The summed E-state index contributed by atoms with van der Waals surface area (Å²) in [7, 11) is 0. The number of allylic oxidation sites excluding steroid dienone is 24. The van der Waals surface area contributed by atoms with E-state index in [0.717, 1.165) is 25.7 Å². The van der Waals surface area contributed by atoms with Gasteiger partial charge in [-0.05, 0) is 105 Å².